The average molecular weight is 330 g/mol. The van der Waals surface area contributed by atoms with E-state index in [0.29, 0.717) is 16.0 Å². The fraction of sp³-hybridized carbons (Fsp3) is 0.286. The van der Waals surface area contributed by atoms with Crippen LogP contribution in [0.4, 0.5) is 5.13 Å². The van der Waals surface area contributed by atoms with Gasteiger partial charge in [-0.3, -0.25) is 14.9 Å². The van der Waals surface area contributed by atoms with Crippen molar-refractivity contribution < 1.29 is 4.79 Å². The molecule has 9 heteroatoms. The van der Waals surface area contributed by atoms with E-state index in [-0.39, 0.29) is 12.1 Å². The molecule has 2 heterocycles. The summed E-state index contributed by atoms with van der Waals surface area (Å²) in [5, 5.41) is 19.9. The Morgan fingerprint density at radius 2 is 2.09 bits per heavy atom. The SMILES string of the molecule is CCCc1nnc(NC(=O)Cn2nnc3ccccc3c2=O)s1. The zero-order valence-corrected chi connectivity index (χ0v) is 13.2. The van der Waals surface area contributed by atoms with E-state index in [1.165, 1.54) is 11.3 Å². The molecule has 23 heavy (non-hydrogen) atoms. The summed E-state index contributed by atoms with van der Waals surface area (Å²) in [7, 11) is 0. The molecule has 0 saturated heterocycles. The summed E-state index contributed by atoms with van der Waals surface area (Å²) in [5.74, 6) is -0.393. The molecule has 1 amide bonds. The topological polar surface area (TPSA) is 103 Å². The average Bonchev–Trinajstić information content (AvgIpc) is 2.98. The van der Waals surface area contributed by atoms with E-state index in [1.807, 2.05) is 6.92 Å². The van der Waals surface area contributed by atoms with Crippen LogP contribution in [0.5, 0.6) is 0 Å². The normalized spacial score (nSPS) is 10.8. The number of carbonyl (C=O) groups is 1. The highest BCUT2D eigenvalue weighted by Crippen LogP contribution is 2.16. The molecule has 0 spiro atoms. The smallest absolute Gasteiger partial charge is 0.278 e. The first-order chi connectivity index (χ1) is 11.2. The Morgan fingerprint density at radius 3 is 2.91 bits per heavy atom. The van der Waals surface area contributed by atoms with Gasteiger partial charge < -0.3 is 0 Å². The number of rotatable bonds is 5. The third-order valence-corrected chi connectivity index (χ3v) is 4.00. The van der Waals surface area contributed by atoms with E-state index in [2.05, 4.69) is 25.8 Å². The number of amides is 1. The second-order valence-corrected chi connectivity index (χ2v) is 5.93. The molecule has 0 saturated carbocycles. The number of hydrogen-bond acceptors (Lipinski definition) is 7. The predicted octanol–water partition coefficient (Wildman–Crippen LogP) is 1.23. The molecule has 0 aliphatic carbocycles. The minimum Gasteiger partial charge on any atom is -0.299 e. The standard InChI is InChI=1S/C14H14N6O2S/c1-2-5-12-17-18-14(23-12)15-11(21)8-20-13(22)9-6-3-4-7-10(9)16-19-20/h3-4,6-7H,2,5,8H2,1H3,(H,15,18,21). The molecule has 2 aromatic heterocycles. The Hall–Kier alpha value is -2.68. The predicted molar refractivity (Wildman–Crippen MR) is 86.3 cm³/mol. The molecule has 1 aromatic carbocycles. The minimum absolute atomic E-state index is 0.223. The van der Waals surface area contributed by atoms with Crippen molar-refractivity contribution in [2.24, 2.45) is 0 Å². The number of nitrogens with zero attached hydrogens (tertiary/aromatic N) is 5. The molecule has 0 unspecified atom stereocenters. The second kappa shape index (κ2) is 6.61. The maximum absolute atomic E-state index is 12.3. The first-order valence-corrected chi connectivity index (χ1v) is 7.94. The first-order valence-electron chi connectivity index (χ1n) is 7.12. The quantitative estimate of drug-likeness (QED) is 0.755. The molecule has 118 valence electrons. The second-order valence-electron chi connectivity index (χ2n) is 4.87. The maximum Gasteiger partial charge on any atom is 0.278 e. The fourth-order valence-corrected chi connectivity index (χ4v) is 2.90. The molecule has 0 radical (unpaired) electrons. The summed E-state index contributed by atoms with van der Waals surface area (Å²) in [6.07, 6.45) is 1.79. The van der Waals surface area contributed by atoms with Crippen molar-refractivity contribution in [2.45, 2.75) is 26.3 Å². The van der Waals surface area contributed by atoms with Gasteiger partial charge in [0, 0.05) is 6.42 Å². The van der Waals surface area contributed by atoms with Crippen LogP contribution in [0.25, 0.3) is 10.9 Å². The number of fused-ring (bicyclic) bond motifs is 1. The number of nitrogens with one attached hydrogen (secondary N) is 1. The van der Waals surface area contributed by atoms with Crippen molar-refractivity contribution in [2.75, 3.05) is 5.32 Å². The van der Waals surface area contributed by atoms with Crippen LogP contribution in [0.1, 0.15) is 18.4 Å². The molecule has 8 nitrogen and oxygen atoms in total. The molecule has 0 atom stereocenters. The van der Waals surface area contributed by atoms with Crippen LogP contribution in [-0.4, -0.2) is 31.1 Å². The Balaban J connectivity index is 1.74. The van der Waals surface area contributed by atoms with E-state index in [1.54, 1.807) is 24.3 Å². The van der Waals surface area contributed by atoms with Gasteiger partial charge in [0.2, 0.25) is 11.0 Å². The van der Waals surface area contributed by atoms with Crippen LogP contribution in [-0.2, 0) is 17.8 Å². The van der Waals surface area contributed by atoms with Gasteiger partial charge in [0.25, 0.3) is 5.56 Å². The Kier molecular flexibility index (Phi) is 4.38. The summed E-state index contributed by atoms with van der Waals surface area (Å²) in [6.45, 7) is 1.82. The fourth-order valence-electron chi connectivity index (χ4n) is 2.04. The number of aryl methyl sites for hydroxylation is 1. The number of carbonyl (C=O) groups excluding carboxylic acids is 1. The lowest BCUT2D eigenvalue weighted by molar-refractivity contribution is -0.117. The van der Waals surface area contributed by atoms with Gasteiger partial charge in [-0.15, -0.1) is 15.3 Å². The highest BCUT2D eigenvalue weighted by molar-refractivity contribution is 7.15. The summed E-state index contributed by atoms with van der Waals surface area (Å²) < 4.78 is 1.03. The van der Waals surface area contributed by atoms with Gasteiger partial charge in [0.05, 0.1) is 5.39 Å². The van der Waals surface area contributed by atoms with Gasteiger partial charge in [-0.2, -0.15) is 0 Å². The largest absolute Gasteiger partial charge is 0.299 e. The highest BCUT2D eigenvalue weighted by Gasteiger charge is 2.11. The molecule has 0 bridgehead atoms. The van der Waals surface area contributed by atoms with Gasteiger partial charge in [0.15, 0.2) is 0 Å². The van der Waals surface area contributed by atoms with Crippen LogP contribution in [0.15, 0.2) is 29.1 Å². The van der Waals surface area contributed by atoms with Crippen LogP contribution < -0.4 is 10.9 Å². The van der Waals surface area contributed by atoms with Crippen molar-refractivity contribution in [3.05, 3.63) is 39.6 Å². The summed E-state index contributed by atoms with van der Waals surface area (Å²) in [5.41, 5.74) is 0.150. The minimum atomic E-state index is -0.393. The van der Waals surface area contributed by atoms with Crippen LogP contribution in [0.2, 0.25) is 0 Å². The van der Waals surface area contributed by atoms with Crippen molar-refractivity contribution in [3.8, 4) is 0 Å². The number of anilines is 1. The molecular weight excluding hydrogens is 316 g/mol. The van der Waals surface area contributed by atoms with E-state index in [4.69, 9.17) is 0 Å². The van der Waals surface area contributed by atoms with E-state index < -0.39 is 5.91 Å². The van der Waals surface area contributed by atoms with Gasteiger partial charge in [-0.1, -0.05) is 35.6 Å². The molecule has 0 fully saturated rings. The third kappa shape index (κ3) is 3.39. The number of aromatic nitrogens is 5. The summed E-state index contributed by atoms with van der Waals surface area (Å²) in [6, 6.07) is 6.87. The van der Waals surface area contributed by atoms with Gasteiger partial charge in [-0.05, 0) is 18.6 Å². The van der Waals surface area contributed by atoms with Crippen molar-refractivity contribution in [1.82, 2.24) is 25.2 Å². The Labute approximate surface area is 135 Å². The van der Waals surface area contributed by atoms with Gasteiger partial charge in [0.1, 0.15) is 17.1 Å². The maximum atomic E-state index is 12.3. The Morgan fingerprint density at radius 1 is 1.26 bits per heavy atom. The molecule has 3 aromatic rings. The van der Waals surface area contributed by atoms with E-state index in [0.717, 1.165) is 22.5 Å². The highest BCUT2D eigenvalue weighted by atomic mass is 32.1. The molecule has 0 aliphatic heterocycles. The molecule has 3 rings (SSSR count). The summed E-state index contributed by atoms with van der Waals surface area (Å²) in [4.78, 5) is 24.3. The first kappa shape index (κ1) is 15.2. The number of hydrogen-bond donors (Lipinski definition) is 1. The summed E-state index contributed by atoms with van der Waals surface area (Å²) >= 11 is 1.33. The molecule has 1 N–H and O–H groups in total. The zero-order chi connectivity index (χ0) is 16.2. The molecular formula is C14H14N6O2S. The number of benzene rings is 1. The van der Waals surface area contributed by atoms with E-state index in [9.17, 15) is 9.59 Å². The van der Waals surface area contributed by atoms with Gasteiger partial charge in [-0.25, -0.2) is 4.68 Å². The van der Waals surface area contributed by atoms with Crippen LogP contribution in [0, 0.1) is 0 Å². The lowest BCUT2D eigenvalue weighted by Gasteiger charge is -2.04. The van der Waals surface area contributed by atoms with E-state index >= 15 is 0 Å². The third-order valence-electron chi connectivity index (χ3n) is 3.10. The molecule has 0 aliphatic rings. The lowest BCUT2D eigenvalue weighted by atomic mass is 10.2. The Bertz CT molecular complexity index is 903. The van der Waals surface area contributed by atoms with Gasteiger partial charge >= 0.3 is 0 Å². The lowest BCUT2D eigenvalue weighted by Crippen LogP contribution is -2.30. The zero-order valence-electron chi connectivity index (χ0n) is 12.4. The monoisotopic (exact) mass is 330 g/mol. The van der Waals surface area contributed by atoms with Crippen LogP contribution >= 0.6 is 11.3 Å². The van der Waals surface area contributed by atoms with Crippen molar-refractivity contribution in [1.29, 1.82) is 0 Å². The van der Waals surface area contributed by atoms with Crippen LogP contribution in [0.3, 0.4) is 0 Å². The van der Waals surface area contributed by atoms with Crippen molar-refractivity contribution in [3.63, 3.8) is 0 Å². The van der Waals surface area contributed by atoms with Crippen molar-refractivity contribution >= 4 is 33.3 Å².